The normalized spacial score (nSPS) is 32.7. The second-order valence-corrected chi connectivity index (χ2v) is 5.40. The maximum Gasteiger partial charge on any atom is 0.0542 e. The highest BCUT2D eigenvalue weighted by atomic mass is 32.2. The van der Waals surface area contributed by atoms with Crippen LogP contribution in [0.2, 0.25) is 0 Å². The molecule has 70 valence electrons. The van der Waals surface area contributed by atoms with Crippen molar-refractivity contribution >= 4 is 11.8 Å². The number of hydrogen-bond donors (Lipinski definition) is 0. The van der Waals surface area contributed by atoms with Gasteiger partial charge in [0.2, 0.25) is 0 Å². The SMILES string of the molecule is C1=CC2SC2(Cc2ccccc2)C=C1. The lowest BCUT2D eigenvalue weighted by atomic mass is 9.93. The molecular formula is C13H12S. The van der Waals surface area contributed by atoms with Gasteiger partial charge in [-0.15, -0.1) is 11.8 Å². The second-order valence-electron chi connectivity index (χ2n) is 3.90. The van der Waals surface area contributed by atoms with Crippen LogP contribution < -0.4 is 0 Å². The standard InChI is InChI=1S/C13H12S/c1-2-6-11(7-3-1)10-13-9-5-4-8-12(13)14-13/h1-9,12H,10H2. The van der Waals surface area contributed by atoms with E-state index in [2.05, 4.69) is 66.4 Å². The molecule has 0 N–H and O–H groups in total. The quantitative estimate of drug-likeness (QED) is 0.661. The Labute approximate surface area is 88.7 Å². The van der Waals surface area contributed by atoms with Gasteiger partial charge in [-0.2, -0.15) is 0 Å². The summed E-state index contributed by atoms with van der Waals surface area (Å²) in [5.41, 5.74) is 1.45. The highest BCUT2D eigenvalue weighted by molar-refractivity contribution is 8.09. The average Bonchev–Trinajstić information content (AvgIpc) is 2.93. The van der Waals surface area contributed by atoms with Crippen LogP contribution in [-0.2, 0) is 6.42 Å². The molecule has 0 aromatic heterocycles. The summed E-state index contributed by atoms with van der Waals surface area (Å²) in [5.74, 6) is 0. The minimum Gasteiger partial charge on any atom is -0.140 e. The first-order valence-corrected chi connectivity index (χ1v) is 5.85. The van der Waals surface area contributed by atoms with Crippen molar-refractivity contribution < 1.29 is 0 Å². The number of benzene rings is 1. The molecule has 0 nitrogen and oxygen atoms in total. The molecule has 0 spiro atoms. The van der Waals surface area contributed by atoms with Crippen LogP contribution in [0.1, 0.15) is 5.56 Å². The predicted molar refractivity (Wildman–Crippen MR) is 62.5 cm³/mol. The van der Waals surface area contributed by atoms with E-state index in [1.54, 1.807) is 0 Å². The van der Waals surface area contributed by atoms with Gasteiger partial charge in [0.1, 0.15) is 0 Å². The first kappa shape index (κ1) is 8.37. The van der Waals surface area contributed by atoms with Crippen LogP contribution >= 0.6 is 11.8 Å². The molecule has 1 aromatic carbocycles. The third-order valence-corrected chi connectivity index (χ3v) is 4.42. The van der Waals surface area contributed by atoms with Crippen molar-refractivity contribution in [2.24, 2.45) is 0 Å². The van der Waals surface area contributed by atoms with Gasteiger partial charge in [0.25, 0.3) is 0 Å². The fourth-order valence-electron chi connectivity index (χ4n) is 2.04. The smallest absolute Gasteiger partial charge is 0.0542 e. The Morgan fingerprint density at radius 1 is 1.14 bits per heavy atom. The second kappa shape index (κ2) is 3.03. The third kappa shape index (κ3) is 1.32. The van der Waals surface area contributed by atoms with Crippen LogP contribution in [0.4, 0.5) is 0 Å². The summed E-state index contributed by atoms with van der Waals surface area (Å²) in [7, 11) is 0. The Kier molecular flexibility index (Phi) is 1.81. The zero-order chi connectivity index (χ0) is 9.43. The Morgan fingerprint density at radius 3 is 2.79 bits per heavy atom. The maximum absolute atomic E-state index is 2.36. The van der Waals surface area contributed by atoms with Gasteiger partial charge in [-0.1, -0.05) is 54.6 Å². The van der Waals surface area contributed by atoms with Crippen LogP contribution in [0.15, 0.2) is 54.6 Å². The van der Waals surface area contributed by atoms with E-state index in [9.17, 15) is 0 Å². The zero-order valence-electron chi connectivity index (χ0n) is 7.89. The number of thioether (sulfide) groups is 1. The molecule has 1 heterocycles. The molecule has 2 atom stereocenters. The van der Waals surface area contributed by atoms with Crippen molar-refractivity contribution in [3.8, 4) is 0 Å². The average molecular weight is 200 g/mol. The van der Waals surface area contributed by atoms with Crippen LogP contribution in [0.25, 0.3) is 0 Å². The number of rotatable bonds is 2. The molecular weight excluding hydrogens is 188 g/mol. The number of allylic oxidation sites excluding steroid dienone is 2. The van der Waals surface area contributed by atoms with Gasteiger partial charge in [0.05, 0.1) is 4.75 Å². The molecule has 1 aromatic rings. The summed E-state index contributed by atoms with van der Waals surface area (Å²) < 4.78 is 0.399. The van der Waals surface area contributed by atoms with Crippen LogP contribution in [0.5, 0.6) is 0 Å². The van der Waals surface area contributed by atoms with E-state index in [0.717, 1.165) is 5.25 Å². The van der Waals surface area contributed by atoms with Gasteiger partial charge in [-0.25, -0.2) is 0 Å². The van der Waals surface area contributed by atoms with Crippen molar-refractivity contribution in [3.05, 3.63) is 60.2 Å². The first-order valence-electron chi connectivity index (χ1n) is 4.97. The van der Waals surface area contributed by atoms with Gasteiger partial charge in [0.15, 0.2) is 0 Å². The molecule has 1 heteroatoms. The molecule has 3 rings (SSSR count). The van der Waals surface area contributed by atoms with E-state index in [4.69, 9.17) is 0 Å². The Hall–Kier alpha value is -0.950. The largest absolute Gasteiger partial charge is 0.140 e. The minimum atomic E-state index is 0.399. The summed E-state index contributed by atoms with van der Waals surface area (Å²) in [6.07, 6.45) is 10.2. The van der Waals surface area contributed by atoms with Crippen molar-refractivity contribution in [2.45, 2.75) is 16.4 Å². The van der Waals surface area contributed by atoms with E-state index in [-0.39, 0.29) is 0 Å². The van der Waals surface area contributed by atoms with Crippen molar-refractivity contribution in [3.63, 3.8) is 0 Å². The zero-order valence-corrected chi connectivity index (χ0v) is 8.71. The highest BCUT2D eigenvalue weighted by Crippen LogP contribution is 2.58. The predicted octanol–water partition coefficient (Wildman–Crippen LogP) is 3.21. The molecule has 1 saturated heterocycles. The van der Waals surface area contributed by atoms with Gasteiger partial charge >= 0.3 is 0 Å². The maximum atomic E-state index is 2.36. The summed E-state index contributed by atoms with van der Waals surface area (Å²) >= 11 is 2.07. The third-order valence-electron chi connectivity index (χ3n) is 2.87. The Morgan fingerprint density at radius 2 is 2.00 bits per heavy atom. The molecule has 2 aliphatic rings. The van der Waals surface area contributed by atoms with Crippen molar-refractivity contribution in [1.82, 2.24) is 0 Å². The lowest BCUT2D eigenvalue weighted by Crippen LogP contribution is -2.15. The fourth-order valence-corrected chi connectivity index (χ4v) is 3.26. The fraction of sp³-hybridized carbons (Fsp3) is 0.231. The summed E-state index contributed by atoms with van der Waals surface area (Å²) in [5, 5.41) is 0.729. The molecule has 0 radical (unpaired) electrons. The Balaban J connectivity index is 1.81. The highest BCUT2D eigenvalue weighted by Gasteiger charge is 2.52. The number of fused-ring (bicyclic) bond motifs is 1. The van der Waals surface area contributed by atoms with E-state index >= 15 is 0 Å². The van der Waals surface area contributed by atoms with Crippen LogP contribution in [0.3, 0.4) is 0 Å². The lowest BCUT2D eigenvalue weighted by Gasteiger charge is -2.11. The van der Waals surface area contributed by atoms with Gasteiger partial charge in [-0.05, 0) is 12.0 Å². The molecule has 14 heavy (non-hydrogen) atoms. The van der Waals surface area contributed by atoms with Crippen LogP contribution in [-0.4, -0.2) is 10.00 Å². The molecule has 1 aliphatic carbocycles. The van der Waals surface area contributed by atoms with Crippen LogP contribution in [0, 0.1) is 0 Å². The Bertz CT molecular complexity index is 391. The molecule has 1 aliphatic heterocycles. The minimum absolute atomic E-state index is 0.399. The van der Waals surface area contributed by atoms with Gasteiger partial charge in [-0.3, -0.25) is 0 Å². The first-order chi connectivity index (χ1) is 6.89. The topological polar surface area (TPSA) is 0 Å². The number of hydrogen-bond acceptors (Lipinski definition) is 1. The monoisotopic (exact) mass is 200 g/mol. The van der Waals surface area contributed by atoms with Gasteiger partial charge < -0.3 is 0 Å². The van der Waals surface area contributed by atoms with E-state index < -0.39 is 0 Å². The van der Waals surface area contributed by atoms with E-state index in [0.29, 0.717) is 4.75 Å². The molecule has 1 fully saturated rings. The molecule has 0 saturated carbocycles. The molecule has 0 bridgehead atoms. The molecule has 2 unspecified atom stereocenters. The van der Waals surface area contributed by atoms with Crippen molar-refractivity contribution in [1.29, 1.82) is 0 Å². The van der Waals surface area contributed by atoms with Gasteiger partial charge in [0, 0.05) is 5.25 Å². The van der Waals surface area contributed by atoms with Crippen molar-refractivity contribution in [2.75, 3.05) is 0 Å². The summed E-state index contributed by atoms with van der Waals surface area (Å²) in [6, 6.07) is 10.8. The summed E-state index contributed by atoms with van der Waals surface area (Å²) in [4.78, 5) is 0. The lowest BCUT2D eigenvalue weighted by molar-refractivity contribution is 0.808. The van der Waals surface area contributed by atoms with E-state index in [1.165, 1.54) is 12.0 Å². The van der Waals surface area contributed by atoms with E-state index in [1.807, 2.05) is 0 Å². The molecule has 0 amide bonds. The summed E-state index contributed by atoms with van der Waals surface area (Å²) in [6.45, 7) is 0.